The number of rotatable bonds is 5. The van der Waals surface area contributed by atoms with Gasteiger partial charge in [-0.25, -0.2) is 0 Å². The first-order valence-corrected chi connectivity index (χ1v) is 6.10. The number of hydrogen-bond donors (Lipinski definition) is 2. The van der Waals surface area contributed by atoms with Crippen molar-refractivity contribution in [3.63, 3.8) is 0 Å². The predicted molar refractivity (Wildman–Crippen MR) is 71.2 cm³/mol. The summed E-state index contributed by atoms with van der Waals surface area (Å²) in [5.41, 5.74) is 7.38. The summed E-state index contributed by atoms with van der Waals surface area (Å²) in [6.45, 7) is 1.86. The molecule has 18 heavy (non-hydrogen) atoms. The quantitative estimate of drug-likeness (QED) is 0.870. The second-order valence-corrected chi connectivity index (χ2v) is 4.66. The van der Waals surface area contributed by atoms with Crippen molar-refractivity contribution in [2.45, 2.75) is 19.4 Å². The van der Waals surface area contributed by atoms with Crippen LogP contribution in [0.5, 0.6) is 11.5 Å². The molecule has 1 atom stereocenters. The van der Waals surface area contributed by atoms with E-state index < -0.39 is 12.0 Å². The van der Waals surface area contributed by atoms with E-state index in [-0.39, 0.29) is 6.42 Å². The Hall–Kier alpha value is -1.27. The summed E-state index contributed by atoms with van der Waals surface area (Å²) < 4.78 is 11.2. The Morgan fingerprint density at radius 3 is 2.44 bits per heavy atom. The van der Waals surface area contributed by atoms with Gasteiger partial charge >= 0.3 is 5.97 Å². The number of carboxylic acids is 1. The van der Waals surface area contributed by atoms with Crippen LogP contribution in [0, 0.1) is 6.92 Å². The van der Waals surface area contributed by atoms with Crippen molar-refractivity contribution in [1.82, 2.24) is 0 Å². The van der Waals surface area contributed by atoms with Gasteiger partial charge in [-0.05, 0) is 34.5 Å². The van der Waals surface area contributed by atoms with Gasteiger partial charge in [-0.2, -0.15) is 0 Å². The lowest BCUT2D eigenvalue weighted by Gasteiger charge is -2.19. The first-order chi connectivity index (χ1) is 8.42. The van der Waals surface area contributed by atoms with Gasteiger partial charge < -0.3 is 20.3 Å². The van der Waals surface area contributed by atoms with Crippen molar-refractivity contribution >= 4 is 21.9 Å². The van der Waals surface area contributed by atoms with Crippen molar-refractivity contribution < 1.29 is 19.4 Å². The summed E-state index contributed by atoms with van der Waals surface area (Å²) in [4.78, 5) is 10.7. The Bertz CT molecular complexity index is 462. The second kappa shape index (κ2) is 6.06. The summed E-state index contributed by atoms with van der Waals surface area (Å²) in [6, 6.07) is 1.16. The van der Waals surface area contributed by atoms with Crippen LogP contribution in [0.2, 0.25) is 0 Å². The number of nitrogens with two attached hydrogens (primary N) is 1. The lowest BCUT2D eigenvalue weighted by molar-refractivity contribution is -0.137. The van der Waals surface area contributed by atoms with Crippen molar-refractivity contribution in [3.8, 4) is 11.5 Å². The monoisotopic (exact) mass is 317 g/mol. The predicted octanol–water partition coefficient (Wildman–Crippen LogP) is 2.25. The molecule has 0 saturated carbocycles. The first-order valence-electron chi connectivity index (χ1n) is 5.30. The highest BCUT2D eigenvalue weighted by molar-refractivity contribution is 9.10. The Kier molecular flexibility index (Phi) is 4.98. The fourth-order valence-corrected chi connectivity index (χ4v) is 2.66. The third-order valence-electron chi connectivity index (χ3n) is 2.59. The minimum absolute atomic E-state index is 0.158. The molecule has 0 spiro atoms. The molecular formula is C12H16BrNO4. The number of halogens is 1. The van der Waals surface area contributed by atoms with Crippen LogP contribution in [-0.2, 0) is 4.79 Å². The molecule has 0 bridgehead atoms. The van der Waals surface area contributed by atoms with Gasteiger partial charge in [0, 0.05) is 11.6 Å². The van der Waals surface area contributed by atoms with E-state index in [0.717, 1.165) is 5.56 Å². The maximum absolute atomic E-state index is 10.7. The SMILES string of the molecule is COc1c(C)cc(C(N)CC(=O)O)c(OC)c1Br. The van der Waals surface area contributed by atoms with Gasteiger partial charge in [0.25, 0.3) is 0 Å². The minimum Gasteiger partial charge on any atom is -0.495 e. The molecule has 0 radical (unpaired) electrons. The first kappa shape index (κ1) is 14.8. The topological polar surface area (TPSA) is 81.8 Å². The van der Waals surface area contributed by atoms with Crippen molar-refractivity contribution in [1.29, 1.82) is 0 Å². The van der Waals surface area contributed by atoms with Crippen LogP contribution >= 0.6 is 15.9 Å². The average Bonchev–Trinajstić information content (AvgIpc) is 2.28. The Labute approximate surface area is 114 Å². The van der Waals surface area contributed by atoms with E-state index in [4.69, 9.17) is 20.3 Å². The zero-order chi connectivity index (χ0) is 13.9. The number of ether oxygens (including phenoxy) is 2. The number of hydrogen-bond acceptors (Lipinski definition) is 4. The molecule has 1 unspecified atom stereocenters. The van der Waals surface area contributed by atoms with E-state index in [2.05, 4.69) is 15.9 Å². The van der Waals surface area contributed by atoms with Crippen LogP contribution in [0.1, 0.15) is 23.6 Å². The van der Waals surface area contributed by atoms with Crippen LogP contribution in [0.15, 0.2) is 10.5 Å². The summed E-state index contributed by atoms with van der Waals surface area (Å²) in [7, 11) is 3.06. The Morgan fingerprint density at radius 2 is 2.00 bits per heavy atom. The third-order valence-corrected chi connectivity index (χ3v) is 3.31. The molecule has 100 valence electrons. The molecule has 0 fully saturated rings. The molecule has 0 aliphatic heterocycles. The average molecular weight is 318 g/mol. The lowest BCUT2D eigenvalue weighted by Crippen LogP contribution is -2.16. The maximum Gasteiger partial charge on any atom is 0.305 e. The number of methoxy groups -OCH3 is 2. The van der Waals surface area contributed by atoms with Crippen LogP contribution in [0.3, 0.4) is 0 Å². The summed E-state index contributed by atoms with van der Waals surface area (Å²) in [5, 5.41) is 8.79. The highest BCUT2D eigenvalue weighted by Crippen LogP contribution is 2.42. The molecule has 0 heterocycles. The van der Waals surface area contributed by atoms with Crippen LogP contribution in [-0.4, -0.2) is 25.3 Å². The Balaban J connectivity index is 3.31. The van der Waals surface area contributed by atoms with Gasteiger partial charge in [0.2, 0.25) is 0 Å². The zero-order valence-electron chi connectivity index (χ0n) is 10.5. The lowest BCUT2D eigenvalue weighted by atomic mass is 10.0. The van der Waals surface area contributed by atoms with Gasteiger partial charge in [0.05, 0.1) is 20.6 Å². The molecule has 1 aromatic carbocycles. The van der Waals surface area contributed by atoms with Crippen molar-refractivity contribution in [2.75, 3.05) is 14.2 Å². The van der Waals surface area contributed by atoms with Crippen molar-refractivity contribution in [2.24, 2.45) is 5.73 Å². The van der Waals surface area contributed by atoms with E-state index in [9.17, 15) is 4.79 Å². The fourth-order valence-electron chi connectivity index (χ4n) is 1.80. The summed E-state index contributed by atoms with van der Waals surface area (Å²) >= 11 is 3.38. The van der Waals surface area contributed by atoms with Crippen molar-refractivity contribution in [3.05, 3.63) is 21.7 Å². The van der Waals surface area contributed by atoms with Gasteiger partial charge in [-0.15, -0.1) is 0 Å². The number of aliphatic carboxylic acids is 1. The molecule has 1 aromatic rings. The highest BCUT2D eigenvalue weighted by atomic mass is 79.9. The van der Waals surface area contributed by atoms with Gasteiger partial charge in [0.1, 0.15) is 16.0 Å². The number of benzene rings is 1. The number of aryl methyl sites for hydroxylation is 1. The van der Waals surface area contributed by atoms with E-state index in [1.54, 1.807) is 13.2 Å². The molecule has 1 rings (SSSR count). The molecule has 3 N–H and O–H groups in total. The van der Waals surface area contributed by atoms with Gasteiger partial charge in [0.15, 0.2) is 0 Å². The highest BCUT2D eigenvalue weighted by Gasteiger charge is 2.21. The zero-order valence-corrected chi connectivity index (χ0v) is 12.1. The van der Waals surface area contributed by atoms with Crippen LogP contribution < -0.4 is 15.2 Å². The molecule has 0 aliphatic carbocycles. The molecule has 0 aliphatic rings. The fraction of sp³-hybridized carbons (Fsp3) is 0.417. The van der Waals surface area contributed by atoms with E-state index in [1.165, 1.54) is 7.11 Å². The molecule has 0 amide bonds. The molecule has 5 nitrogen and oxygen atoms in total. The van der Waals surface area contributed by atoms with Crippen LogP contribution in [0.25, 0.3) is 0 Å². The van der Waals surface area contributed by atoms with Gasteiger partial charge in [-0.3, -0.25) is 4.79 Å². The summed E-state index contributed by atoms with van der Waals surface area (Å²) in [5.74, 6) is 0.207. The largest absolute Gasteiger partial charge is 0.495 e. The van der Waals surface area contributed by atoms with E-state index >= 15 is 0 Å². The normalized spacial score (nSPS) is 12.1. The maximum atomic E-state index is 10.7. The third kappa shape index (κ3) is 2.94. The minimum atomic E-state index is -0.950. The summed E-state index contributed by atoms with van der Waals surface area (Å²) in [6.07, 6.45) is -0.158. The molecule has 6 heteroatoms. The second-order valence-electron chi connectivity index (χ2n) is 3.87. The molecular weight excluding hydrogens is 302 g/mol. The number of carboxylic acid groups (broad SMARTS) is 1. The molecule has 0 saturated heterocycles. The molecule has 0 aromatic heterocycles. The standard InChI is InChI=1S/C12H16BrNO4/c1-6-4-7(8(14)5-9(15)16)12(18-3)10(13)11(6)17-2/h4,8H,5,14H2,1-3H3,(H,15,16). The smallest absolute Gasteiger partial charge is 0.305 e. The number of carbonyl (C=O) groups is 1. The van der Waals surface area contributed by atoms with Gasteiger partial charge in [-0.1, -0.05) is 0 Å². The van der Waals surface area contributed by atoms with E-state index in [1.807, 2.05) is 6.92 Å². The Morgan fingerprint density at radius 1 is 1.44 bits per heavy atom. The van der Waals surface area contributed by atoms with E-state index in [0.29, 0.717) is 21.5 Å². The van der Waals surface area contributed by atoms with Crippen LogP contribution in [0.4, 0.5) is 0 Å².